The number of amides is 3. The summed E-state index contributed by atoms with van der Waals surface area (Å²) in [7, 11) is 1.57. The Balaban J connectivity index is 1.97. The van der Waals surface area contributed by atoms with Gasteiger partial charge in [0.25, 0.3) is 0 Å². The molecule has 1 heterocycles. The average molecular weight is 317 g/mol. The maximum Gasteiger partial charge on any atom is 0.245 e. The number of rotatable bonds is 4. The van der Waals surface area contributed by atoms with Crippen LogP contribution in [0.4, 0.5) is 5.69 Å². The minimum atomic E-state index is -0.511. The third kappa shape index (κ3) is 4.09. The molecule has 6 nitrogen and oxygen atoms in total. The molecule has 23 heavy (non-hydrogen) atoms. The molecular formula is C17H23N3O3. The van der Waals surface area contributed by atoms with E-state index in [4.69, 9.17) is 0 Å². The van der Waals surface area contributed by atoms with Crippen LogP contribution in [-0.4, -0.2) is 42.3 Å². The molecule has 1 aromatic rings. The van der Waals surface area contributed by atoms with Gasteiger partial charge >= 0.3 is 0 Å². The quantitative estimate of drug-likeness (QED) is 0.878. The molecule has 124 valence electrons. The highest BCUT2D eigenvalue weighted by Gasteiger charge is 2.30. The number of carbonyl (C=O) groups excluding carboxylic acids is 3. The van der Waals surface area contributed by atoms with Gasteiger partial charge in [-0.15, -0.1) is 0 Å². The Bertz CT molecular complexity index is 631. The van der Waals surface area contributed by atoms with E-state index in [9.17, 15) is 14.4 Å². The van der Waals surface area contributed by atoms with Crippen molar-refractivity contribution in [3.05, 3.63) is 28.8 Å². The summed E-state index contributed by atoms with van der Waals surface area (Å²) in [6.07, 6.45) is 0.845. The SMILES string of the molecule is Cc1cc(C)c(NC(=O)CN(C)C(=O)C2CCC(=O)N2)c(C)c1. The molecule has 1 aliphatic rings. The van der Waals surface area contributed by atoms with E-state index in [2.05, 4.69) is 10.6 Å². The lowest BCUT2D eigenvalue weighted by Gasteiger charge is -2.21. The van der Waals surface area contributed by atoms with Gasteiger partial charge in [-0.1, -0.05) is 17.7 Å². The molecule has 0 radical (unpaired) electrons. The topological polar surface area (TPSA) is 78.5 Å². The minimum absolute atomic E-state index is 0.0437. The van der Waals surface area contributed by atoms with Crippen LogP contribution in [0, 0.1) is 20.8 Å². The average Bonchev–Trinajstić information content (AvgIpc) is 2.88. The highest BCUT2D eigenvalue weighted by Crippen LogP contribution is 2.21. The first-order valence-corrected chi connectivity index (χ1v) is 7.70. The number of nitrogens with zero attached hydrogens (tertiary/aromatic N) is 1. The van der Waals surface area contributed by atoms with Crippen molar-refractivity contribution in [2.75, 3.05) is 18.9 Å². The lowest BCUT2D eigenvalue weighted by molar-refractivity contribution is -0.135. The molecule has 1 atom stereocenters. The molecule has 6 heteroatoms. The second-order valence-corrected chi connectivity index (χ2v) is 6.17. The molecule has 1 unspecified atom stereocenters. The Kier molecular flexibility index (Phi) is 5.03. The van der Waals surface area contributed by atoms with E-state index in [1.165, 1.54) is 4.90 Å². The zero-order valence-corrected chi connectivity index (χ0v) is 14.0. The third-order valence-corrected chi connectivity index (χ3v) is 3.99. The highest BCUT2D eigenvalue weighted by molar-refractivity contribution is 5.97. The lowest BCUT2D eigenvalue weighted by Crippen LogP contribution is -2.45. The second kappa shape index (κ2) is 6.81. The molecule has 1 aromatic carbocycles. The fourth-order valence-corrected chi connectivity index (χ4v) is 2.91. The van der Waals surface area contributed by atoms with E-state index in [0.29, 0.717) is 12.8 Å². The summed E-state index contributed by atoms with van der Waals surface area (Å²) in [5.74, 6) is -0.601. The van der Waals surface area contributed by atoms with Gasteiger partial charge in [-0.25, -0.2) is 0 Å². The molecule has 0 spiro atoms. The summed E-state index contributed by atoms with van der Waals surface area (Å²) in [4.78, 5) is 36.9. The number of likely N-dealkylation sites (N-methyl/N-ethyl adjacent to an activating group) is 1. The van der Waals surface area contributed by atoms with E-state index < -0.39 is 6.04 Å². The molecule has 0 aliphatic carbocycles. The molecular weight excluding hydrogens is 294 g/mol. The molecule has 0 aromatic heterocycles. The fourth-order valence-electron chi connectivity index (χ4n) is 2.91. The van der Waals surface area contributed by atoms with E-state index in [1.54, 1.807) is 7.05 Å². The van der Waals surface area contributed by atoms with Crippen LogP contribution in [0.15, 0.2) is 12.1 Å². The monoisotopic (exact) mass is 317 g/mol. The van der Waals surface area contributed by atoms with Gasteiger partial charge in [0.1, 0.15) is 6.04 Å². The van der Waals surface area contributed by atoms with Crippen molar-refractivity contribution >= 4 is 23.4 Å². The summed E-state index contributed by atoms with van der Waals surface area (Å²) >= 11 is 0. The molecule has 2 rings (SSSR count). The van der Waals surface area contributed by atoms with Crippen LogP contribution < -0.4 is 10.6 Å². The Hall–Kier alpha value is -2.37. The summed E-state index contributed by atoms with van der Waals surface area (Å²) in [5, 5.41) is 5.49. The van der Waals surface area contributed by atoms with E-state index >= 15 is 0 Å². The van der Waals surface area contributed by atoms with Crippen LogP contribution in [-0.2, 0) is 14.4 Å². The first kappa shape index (κ1) is 17.0. The van der Waals surface area contributed by atoms with Gasteiger partial charge in [-0.05, 0) is 38.3 Å². The molecule has 1 saturated heterocycles. The normalized spacial score (nSPS) is 16.9. The van der Waals surface area contributed by atoms with Crippen molar-refractivity contribution in [1.29, 1.82) is 0 Å². The Morgan fingerprint density at radius 1 is 1.26 bits per heavy atom. The molecule has 0 bridgehead atoms. The van der Waals surface area contributed by atoms with Gasteiger partial charge in [-0.3, -0.25) is 14.4 Å². The minimum Gasteiger partial charge on any atom is -0.344 e. The number of nitrogens with one attached hydrogen (secondary N) is 2. The van der Waals surface area contributed by atoms with Gasteiger partial charge in [0.05, 0.1) is 6.54 Å². The van der Waals surface area contributed by atoms with Crippen LogP contribution in [0.3, 0.4) is 0 Å². The first-order chi connectivity index (χ1) is 10.8. The lowest BCUT2D eigenvalue weighted by atomic mass is 10.1. The maximum atomic E-state index is 12.2. The zero-order chi connectivity index (χ0) is 17.1. The van der Waals surface area contributed by atoms with Gasteiger partial charge in [0.15, 0.2) is 0 Å². The van der Waals surface area contributed by atoms with Crippen molar-refractivity contribution in [2.24, 2.45) is 0 Å². The predicted octanol–water partition coefficient (Wildman–Crippen LogP) is 1.29. The fraction of sp³-hybridized carbons (Fsp3) is 0.471. The molecule has 1 fully saturated rings. The number of hydrogen-bond acceptors (Lipinski definition) is 3. The van der Waals surface area contributed by atoms with Crippen LogP contribution in [0.5, 0.6) is 0 Å². The molecule has 1 aliphatic heterocycles. The Morgan fingerprint density at radius 2 is 1.87 bits per heavy atom. The van der Waals surface area contributed by atoms with Crippen LogP contribution in [0.1, 0.15) is 29.5 Å². The van der Waals surface area contributed by atoms with Crippen LogP contribution >= 0.6 is 0 Å². The molecule has 0 saturated carbocycles. The zero-order valence-electron chi connectivity index (χ0n) is 14.0. The maximum absolute atomic E-state index is 12.2. The van der Waals surface area contributed by atoms with Crippen molar-refractivity contribution in [3.63, 3.8) is 0 Å². The van der Waals surface area contributed by atoms with Gasteiger partial charge < -0.3 is 15.5 Å². The Labute approximate surface area is 136 Å². The molecule has 2 N–H and O–H groups in total. The van der Waals surface area contributed by atoms with Gasteiger partial charge in [-0.2, -0.15) is 0 Å². The summed E-state index contributed by atoms with van der Waals surface area (Å²) in [5.41, 5.74) is 3.92. The Morgan fingerprint density at radius 3 is 2.39 bits per heavy atom. The summed E-state index contributed by atoms with van der Waals surface area (Å²) in [6, 6.07) is 3.50. The van der Waals surface area contributed by atoms with E-state index in [1.807, 2.05) is 32.9 Å². The van der Waals surface area contributed by atoms with Crippen LogP contribution in [0.25, 0.3) is 0 Å². The summed E-state index contributed by atoms with van der Waals surface area (Å²) < 4.78 is 0. The highest BCUT2D eigenvalue weighted by atomic mass is 16.2. The van der Waals surface area contributed by atoms with Gasteiger partial charge in [0, 0.05) is 19.2 Å². The van der Waals surface area contributed by atoms with Crippen molar-refractivity contribution in [2.45, 2.75) is 39.7 Å². The number of benzene rings is 1. The number of carbonyl (C=O) groups is 3. The van der Waals surface area contributed by atoms with Gasteiger partial charge in [0.2, 0.25) is 17.7 Å². The standard InChI is InChI=1S/C17H23N3O3/c1-10-7-11(2)16(12(3)8-10)19-15(22)9-20(4)17(23)13-5-6-14(21)18-13/h7-8,13H,5-6,9H2,1-4H3,(H,18,21)(H,19,22). The van der Waals surface area contributed by atoms with Crippen LogP contribution in [0.2, 0.25) is 0 Å². The first-order valence-electron chi connectivity index (χ1n) is 7.70. The number of aryl methyl sites for hydroxylation is 3. The number of anilines is 1. The smallest absolute Gasteiger partial charge is 0.245 e. The largest absolute Gasteiger partial charge is 0.344 e. The summed E-state index contributed by atoms with van der Waals surface area (Å²) in [6.45, 7) is 5.85. The van der Waals surface area contributed by atoms with E-state index in [-0.39, 0.29) is 24.3 Å². The second-order valence-electron chi connectivity index (χ2n) is 6.17. The van der Waals surface area contributed by atoms with Crippen molar-refractivity contribution in [1.82, 2.24) is 10.2 Å². The van der Waals surface area contributed by atoms with Crippen molar-refractivity contribution in [3.8, 4) is 0 Å². The molecule has 3 amide bonds. The number of hydrogen-bond donors (Lipinski definition) is 2. The van der Waals surface area contributed by atoms with E-state index in [0.717, 1.165) is 22.4 Å². The van der Waals surface area contributed by atoms with Crippen molar-refractivity contribution < 1.29 is 14.4 Å². The predicted molar refractivity (Wildman–Crippen MR) is 88.1 cm³/mol. The third-order valence-electron chi connectivity index (χ3n) is 3.99.